The maximum atomic E-state index is 12.5. The number of nitrogens with zero attached hydrogens (tertiary/aromatic N) is 1. The largest absolute Gasteiger partial charge is 0.488 e. The number of ether oxygens (including phenoxy) is 1. The zero-order chi connectivity index (χ0) is 21.2. The summed E-state index contributed by atoms with van der Waals surface area (Å²) in [6, 6.07) is 27.2. The van der Waals surface area contributed by atoms with Gasteiger partial charge in [-0.25, -0.2) is 0 Å². The molecule has 0 aliphatic rings. The van der Waals surface area contributed by atoms with Gasteiger partial charge in [0.05, 0.1) is 0 Å². The van der Waals surface area contributed by atoms with E-state index < -0.39 is 5.91 Å². The van der Waals surface area contributed by atoms with Gasteiger partial charge in [-0.15, -0.1) is 0 Å². The molecule has 5 heteroatoms. The molecular formula is C25H21BrN2O2. The summed E-state index contributed by atoms with van der Waals surface area (Å²) in [4.78, 5) is 12.5. The van der Waals surface area contributed by atoms with Crippen molar-refractivity contribution in [2.45, 2.75) is 13.0 Å². The molecule has 1 N–H and O–H groups in total. The topological polar surface area (TPSA) is 62.1 Å². The molecule has 3 aromatic rings. The Morgan fingerprint density at radius 1 is 1.00 bits per heavy atom. The van der Waals surface area contributed by atoms with E-state index in [-0.39, 0.29) is 5.57 Å². The van der Waals surface area contributed by atoms with Gasteiger partial charge >= 0.3 is 0 Å². The number of carbonyl (C=O) groups is 1. The van der Waals surface area contributed by atoms with Gasteiger partial charge in [-0.3, -0.25) is 4.79 Å². The number of benzene rings is 3. The van der Waals surface area contributed by atoms with Crippen molar-refractivity contribution in [3.63, 3.8) is 0 Å². The summed E-state index contributed by atoms with van der Waals surface area (Å²) in [5.41, 5.74) is 2.86. The number of nitrogens with one attached hydrogen (secondary N) is 1. The molecule has 0 heterocycles. The van der Waals surface area contributed by atoms with E-state index >= 15 is 0 Å². The average molecular weight is 461 g/mol. The van der Waals surface area contributed by atoms with Gasteiger partial charge in [0.2, 0.25) is 0 Å². The molecule has 0 saturated heterocycles. The first-order valence-electron chi connectivity index (χ1n) is 9.56. The molecule has 0 fully saturated rings. The molecular weight excluding hydrogens is 440 g/mol. The maximum absolute atomic E-state index is 12.5. The highest BCUT2D eigenvalue weighted by molar-refractivity contribution is 9.10. The van der Waals surface area contributed by atoms with Crippen LogP contribution in [0.5, 0.6) is 5.75 Å². The van der Waals surface area contributed by atoms with Crippen molar-refractivity contribution in [1.29, 1.82) is 5.26 Å². The summed E-state index contributed by atoms with van der Waals surface area (Å²) in [7, 11) is 0. The first-order chi connectivity index (χ1) is 14.7. The zero-order valence-electron chi connectivity index (χ0n) is 16.3. The maximum Gasteiger partial charge on any atom is 0.261 e. The third kappa shape index (κ3) is 6.33. The first kappa shape index (κ1) is 21.4. The molecule has 0 aromatic heterocycles. The van der Waals surface area contributed by atoms with Crippen LogP contribution in [0.2, 0.25) is 0 Å². The Bertz CT molecular complexity index is 1060. The molecule has 0 bridgehead atoms. The van der Waals surface area contributed by atoms with Crippen molar-refractivity contribution in [3.05, 3.63) is 106 Å². The number of hydrogen-bond acceptors (Lipinski definition) is 3. The van der Waals surface area contributed by atoms with Gasteiger partial charge in [0, 0.05) is 16.6 Å². The predicted octanol–water partition coefficient (Wildman–Crippen LogP) is 5.29. The summed E-state index contributed by atoms with van der Waals surface area (Å²) in [5.74, 6) is 0.203. The van der Waals surface area contributed by atoms with Crippen LogP contribution in [0.15, 0.2) is 88.9 Å². The normalized spacial score (nSPS) is 10.9. The second kappa shape index (κ2) is 11.0. The standard InChI is InChI=1S/C25H21BrN2O2/c26-23-11-12-24(30-18-20-9-5-2-6-10-20)21(16-23)15-22(17-27)25(29)28-14-13-19-7-3-1-4-8-19/h1-12,15-16H,13-14,18H2,(H,28,29)/b22-15-. The van der Waals surface area contributed by atoms with E-state index in [9.17, 15) is 10.1 Å². The van der Waals surface area contributed by atoms with Crippen LogP contribution in [0.3, 0.4) is 0 Å². The van der Waals surface area contributed by atoms with Gasteiger partial charge in [-0.2, -0.15) is 5.26 Å². The van der Waals surface area contributed by atoms with Crippen molar-refractivity contribution in [3.8, 4) is 11.8 Å². The molecule has 0 atom stereocenters. The van der Waals surface area contributed by atoms with Crippen molar-refractivity contribution >= 4 is 27.9 Å². The summed E-state index contributed by atoms with van der Waals surface area (Å²) in [6.45, 7) is 0.853. The van der Waals surface area contributed by atoms with Gasteiger partial charge in [0.15, 0.2) is 0 Å². The minimum absolute atomic E-state index is 0.0331. The average Bonchev–Trinajstić information content (AvgIpc) is 2.78. The van der Waals surface area contributed by atoms with Gasteiger partial charge in [0.25, 0.3) is 5.91 Å². The Balaban J connectivity index is 1.70. The predicted molar refractivity (Wildman–Crippen MR) is 122 cm³/mol. The third-order valence-corrected chi connectivity index (χ3v) is 4.91. The Hall–Kier alpha value is -3.36. The summed E-state index contributed by atoms with van der Waals surface area (Å²) in [6.07, 6.45) is 2.26. The van der Waals surface area contributed by atoms with Crippen LogP contribution >= 0.6 is 15.9 Å². The number of carbonyl (C=O) groups excluding carboxylic acids is 1. The molecule has 0 radical (unpaired) electrons. The molecule has 1 amide bonds. The summed E-state index contributed by atoms with van der Waals surface area (Å²) in [5, 5.41) is 12.3. The minimum atomic E-state index is -0.401. The highest BCUT2D eigenvalue weighted by Gasteiger charge is 2.11. The number of rotatable bonds is 8. The Kier molecular flexibility index (Phi) is 7.82. The summed E-state index contributed by atoms with van der Waals surface area (Å²) < 4.78 is 6.77. The molecule has 0 saturated carbocycles. The van der Waals surface area contributed by atoms with Crippen LogP contribution in [0, 0.1) is 11.3 Å². The van der Waals surface area contributed by atoms with Crippen molar-refractivity contribution in [2.24, 2.45) is 0 Å². The smallest absolute Gasteiger partial charge is 0.261 e. The van der Waals surface area contributed by atoms with E-state index in [2.05, 4.69) is 21.2 Å². The van der Waals surface area contributed by atoms with Crippen molar-refractivity contribution < 1.29 is 9.53 Å². The van der Waals surface area contributed by atoms with E-state index in [4.69, 9.17) is 4.74 Å². The van der Waals surface area contributed by atoms with Crippen LogP contribution < -0.4 is 10.1 Å². The lowest BCUT2D eigenvalue weighted by atomic mass is 10.1. The number of halogens is 1. The highest BCUT2D eigenvalue weighted by Crippen LogP contribution is 2.26. The lowest BCUT2D eigenvalue weighted by molar-refractivity contribution is -0.117. The zero-order valence-corrected chi connectivity index (χ0v) is 17.9. The molecule has 0 aliphatic carbocycles. The Morgan fingerprint density at radius 2 is 1.67 bits per heavy atom. The molecule has 0 aliphatic heterocycles. The molecule has 0 spiro atoms. The lowest BCUT2D eigenvalue weighted by Crippen LogP contribution is -2.26. The molecule has 4 nitrogen and oxygen atoms in total. The molecule has 150 valence electrons. The van der Waals surface area contributed by atoms with E-state index in [0.717, 1.165) is 15.6 Å². The van der Waals surface area contributed by atoms with Crippen LogP contribution in [-0.4, -0.2) is 12.5 Å². The molecule has 0 unspecified atom stereocenters. The van der Waals surface area contributed by atoms with Gasteiger partial charge in [0.1, 0.15) is 24.0 Å². The van der Waals surface area contributed by atoms with Crippen molar-refractivity contribution in [2.75, 3.05) is 6.54 Å². The van der Waals surface area contributed by atoms with Gasteiger partial charge in [-0.1, -0.05) is 76.6 Å². The van der Waals surface area contributed by atoms with E-state index in [0.29, 0.717) is 30.9 Å². The highest BCUT2D eigenvalue weighted by atomic mass is 79.9. The lowest BCUT2D eigenvalue weighted by Gasteiger charge is -2.11. The monoisotopic (exact) mass is 460 g/mol. The van der Waals surface area contributed by atoms with Crippen LogP contribution in [-0.2, 0) is 17.8 Å². The number of amides is 1. The Morgan fingerprint density at radius 3 is 2.33 bits per heavy atom. The number of hydrogen-bond donors (Lipinski definition) is 1. The van der Waals surface area contributed by atoms with E-state index in [1.165, 1.54) is 0 Å². The fourth-order valence-electron chi connectivity index (χ4n) is 2.86. The first-order valence-corrected chi connectivity index (χ1v) is 10.3. The van der Waals surface area contributed by atoms with Gasteiger partial charge in [-0.05, 0) is 41.8 Å². The molecule has 3 rings (SSSR count). The molecule has 3 aromatic carbocycles. The van der Waals surface area contributed by atoms with Crippen LogP contribution in [0.25, 0.3) is 6.08 Å². The minimum Gasteiger partial charge on any atom is -0.488 e. The van der Waals surface area contributed by atoms with E-state index in [1.807, 2.05) is 84.9 Å². The van der Waals surface area contributed by atoms with E-state index in [1.54, 1.807) is 6.08 Å². The Labute approximate surface area is 184 Å². The van der Waals surface area contributed by atoms with Crippen molar-refractivity contribution in [1.82, 2.24) is 5.32 Å². The molecule has 30 heavy (non-hydrogen) atoms. The second-order valence-corrected chi connectivity index (χ2v) is 7.53. The van der Waals surface area contributed by atoms with Gasteiger partial charge < -0.3 is 10.1 Å². The summed E-state index contributed by atoms with van der Waals surface area (Å²) >= 11 is 3.44. The third-order valence-electron chi connectivity index (χ3n) is 4.42. The second-order valence-electron chi connectivity index (χ2n) is 6.62. The quantitative estimate of drug-likeness (QED) is 0.366. The SMILES string of the molecule is N#C/C(=C/c1cc(Br)ccc1OCc1ccccc1)C(=O)NCCc1ccccc1. The van der Waals surface area contributed by atoms with Crippen LogP contribution in [0.4, 0.5) is 0 Å². The number of nitriles is 1. The van der Waals surface area contributed by atoms with Crippen LogP contribution in [0.1, 0.15) is 16.7 Å². The fraction of sp³-hybridized carbons (Fsp3) is 0.120. The fourth-order valence-corrected chi connectivity index (χ4v) is 3.24.